The predicted molar refractivity (Wildman–Crippen MR) is 76.7 cm³/mol. The standard InChI is InChI=1S/C17H15NO4/c1-8-2-5-12-11(6-8)16(20)22-17(21)14-10-4-3-9(7-10)13(14)15(19)18(12)17/h2-6,9-10,13-14,21H,7H2,1H3/t9-,10+,13-,14+,17+/m0/s1. The average Bonchev–Trinajstić information content (AvgIpc) is 3.13. The molecule has 5 heteroatoms. The maximum Gasteiger partial charge on any atom is 0.344 e. The minimum absolute atomic E-state index is 0.0914. The van der Waals surface area contributed by atoms with E-state index in [0.29, 0.717) is 11.3 Å². The normalized spacial score (nSPS) is 40.5. The van der Waals surface area contributed by atoms with Crippen LogP contribution in [0, 0.1) is 30.6 Å². The lowest BCUT2D eigenvalue weighted by atomic mass is 9.83. The Labute approximate surface area is 127 Å². The van der Waals surface area contributed by atoms with Crippen LogP contribution in [0.15, 0.2) is 30.4 Å². The van der Waals surface area contributed by atoms with E-state index in [1.807, 2.05) is 19.1 Å². The first-order valence-electron chi connectivity index (χ1n) is 7.59. The summed E-state index contributed by atoms with van der Waals surface area (Å²) in [4.78, 5) is 26.6. The van der Waals surface area contributed by atoms with Gasteiger partial charge < -0.3 is 9.84 Å². The highest BCUT2D eigenvalue weighted by atomic mass is 16.7. The Balaban J connectivity index is 1.73. The van der Waals surface area contributed by atoms with Crippen LogP contribution in [0.2, 0.25) is 0 Å². The van der Waals surface area contributed by atoms with Gasteiger partial charge in [-0.05, 0) is 37.3 Å². The van der Waals surface area contributed by atoms with Gasteiger partial charge in [-0.3, -0.25) is 4.79 Å². The van der Waals surface area contributed by atoms with Gasteiger partial charge in [0.15, 0.2) is 0 Å². The van der Waals surface area contributed by atoms with Gasteiger partial charge in [-0.15, -0.1) is 0 Å². The zero-order valence-corrected chi connectivity index (χ0v) is 12.0. The zero-order chi connectivity index (χ0) is 15.2. The molecule has 0 unspecified atom stereocenters. The topological polar surface area (TPSA) is 66.8 Å². The van der Waals surface area contributed by atoms with Crippen molar-refractivity contribution in [2.75, 3.05) is 4.90 Å². The molecule has 5 nitrogen and oxygen atoms in total. The summed E-state index contributed by atoms with van der Waals surface area (Å²) in [5.41, 5.74) is 1.72. The summed E-state index contributed by atoms with van der Waals surface area (Å²) in [5.74, 6) is -2.96. The fourth-order valence-corrected chi connectivity index (χ4v) is 4.73. The van der Waals surface area contributed by atoms with Crippen molar-refractivity contribution >= 4 is 17.6 Å². The Kier molecular flexibility index (Phi) is 2.03. The summed E-state index contributed by atoms with van der Waals surface area (Å²) >= 11 is 0. The monoisotopic (exact) mass is 297 g/mol. The number of hydrogen-bond acceptors (Lipinski definition) is 4. The van der Waals surface area contributed by atoms with E-state index in [1.165, 1.54) is 4.90 Å². The van der Waals surface area contributed by atoms with Crippen LogP contribution in [0.25, 0.3) is 0 Å². The van der Waals surface area contributed by atoms with Crippen LogP contribution in [0.1, 0.15) is 22.3 Å². The van der Waals surface area contributed by atoms with Crippen LogP contribution in [0.5, 0.6) is 0 Å². The van der Waals surface area contributed by atoms with Crippen molar-refractivity contribution in [1.29, 1.82) is 0 Å². The number of benzene rings is 1. The smallest absolute Gasteiger partial charge is 0.344 e. The highest BCUT2D eigenvalue weighted by molar-refractivity contribution is 6.08. The molecular weight excluding hydrogens is 282 g/mol. The van der Waals surface area contributed by atoms with Crippen LogP contribution in [-0.2, 0) is 9.53 Å². The molecule has 1 aromatic rings. The summed E-state index contributed by atoms with van der Waals surface area (Å²) in [6.07, 6.45) is 4.96. The van der Waals surface area contributed by atoms with Gasteiger partial charge in [-0.1, -0.05) is 23.8 Å². The third-order valence-electron chi connectivity index (χ3n) is 5.58. The number of hydrogen-bond donors (Lipinski definition) is 1. The number of carbonyl (C=O) groups is 2. The van der Waals surface area contributed by atoms with E-state index < -0.39 is 11.9 Å². The molecule has 2 heterocycles. The summed E-state index contributed by atoms with van der Waals surface area (Å²) < 4.78 is 5.40. The SMILES string of the molecule is Cc1ccc2c(c1)C(=O)O[C@]1(O)[C@H]3[C@@H](C(=O)N21)[C@H]1C=C[C@@H]3C1. The number of nitrogens with zero attached hydrogens (tertiary/aromatic N) is 1. The molecule has 1 aromatic carbocycles. The first kappa shape index (κ1) is 12.4. The molecule has 2 aliphatic heterocycles. The van der Waals surface area contributed by atoms with Crippen molar-refractivity contribution in [2.24, 2.45) is 23.7 Å². The summed E-state index contributed by atoms with van der Waals surface area (Å²) in [7, 11) is 0. The minimum Gasteiger partial charge on any atom is -0.409 e. The second-order valence-electron chi connectivity index (χ2n) is 6.74. The minimum atomic E-state index is -1.84. The molecule has 0 aromatic heterocycles. The molecule has 1 saturated carbocycles. The molecule has 22 heavy (non-hydrogen) atoms. The second kappa shape index (κ2) is 3.60. The van der Waals surface area contributed by atoms with E-state index in [4.69, 9.17) is 4.74 Å². The molecule has 1 saturated heterocycles. The number of rotatable bonds is 0. The fourth-order valence-electron chi connectivity index (χ4n) is 4.73. The van der Waals surface area contributed by atoms with E-state index in [1.54, 1.807) is 12.1 Å². The Hall–Kier alpha value is -2.14. The number of amides is 1. The molecular formula is C17H15NO4. The number of esters is 1. The highest BCUT2D eigenvalue weighted by Crippen LogP contribution is 2.60. The lowest BCUT2D eigenvalue weighted by Crippen LogP contribution is -2.57. The van der Waals surface area contributed by atoms with Gasteiger partial charge in [0.05, 0.1) is 23.1 Å². The van der Waals surface area contributed by atoms with Crippen LogP contribution < -0.4 is 4.90 Å². The Morgan fingerprint density at radius 3 is 2.86 bits per heavy atom. The largest absolute Gasteiger partial charge is 0.409 e. The molecule has 5 rings (SSSR count). The lowest BCUT2D eigenvalue weighted by Gasteiger charge is -2.41. The first-order valence-corrected chi connectivity index (χ1v) is 7.59. The van der Waals surface area contributed by atoms with E-state index in [0.717, 1.165) is 12.0 Å². The molecule has 112 valence electrons. The zero-order valence-electron chi connectivity index (χ0n) is 12.0. The van der Waals surface area contributed by atoms with Crippen molar-refractivity contribution in [2.45, 2.75) is 19.3 Å². The molecule has 0 radical (unpaired) electrons. The third-order valence-corrected chi connectivity index (χ3v) is 5.58. The number of allylic oxidation sites excluding steroid dienone is 2. The number of fused-ring (bicyclic) bond motifs is 9. The molecule has 2 fully saturated rings. The van der Waals surface area contributed by atoms with E-state index in [2.05, 4.69) is 6.08 Å². The van der Waals surface area contributed by atoms with E-state index >= 15 is 0 Å². The van der Waals surface area contributed by atoms with Crippen molar-refractivity contribution < 1.29 is 19.4 Å². The van der Waals surface area contributed by atoms with E-state index in [-0.39, 0.29) is 29.6 Å². The average molecular weight is 297 g/mol. The number of anilines is 1. The first-order chi connectivity index (χ1) is 10.5. The van der Waals surface area contributed by atoms with Gasteiger partial charge in [-0.25, -0.2) is 9.69 Å². The van der Waals surface area contributed by atoms with Gasteiger partial charge in [-0.2, -0.15) is 0 Å². The Bertz CT molecular complexity index is 770. The summed E-state index contributed by atoms with van der Waals surface area (Å²) in [5, 5.41) is 11.1. The molecule has 1 amide bonds. The second-order valence-corrected chi connectivity index (χ2v) is 6.74. The van der Waals surface area contributed by atoms with Crippen molar-refractivity contribution in [3.8, 4) is 0 Å². The predicted octanol–water partition coefficient (Wildman–Crippen LogP) is 1.60. The van der Waals surface area contributed by atoms with Crippen LogP contribution in [-0.4, -0.2) is 22.9 Å². The lowest BCUT2D eigenvalue weighted by molar-refractivity contribution is -0.196. The fraction of sp³-hybridized carbons (Fsp3) is 0.412. The van der Waals surface area contributed by atoms with Gasteiger partial charge in [0.25, 0.3) is 0 Å². The quantitative estimate of drug-likeness (QED) is 0.583. The number of carbonyl (C=O) groups excluding carboxylic acids is 2. The maximum atomic E-state index is 12.9. The Morgan fingerprint density at radius 2 is 2.05 bits per heavy atom. The molecule has 1 N–H and O–H groups in total. The number of ether oxygens (including phenoxy) is 1. The molecule has 2 bridgehead atoms. The maximum absolute atomic E-state index is 12.9. The van der Waals surface area contributed by atoms with Gasteiger partial charge >= 0.3 is 11.9 Å². The molecule has 4 aliphatic rings. The van der Waals surface area contributed by atoms with E-state index in [9.17, 15) is 14.7 Å². The Morgan fingerprint density at radius 1 is 1.27 bits per heavy atom. The summed E-state index contributed by atoms with van der Waals surface area (Å²) in [6, 6.07) is 5.27. The number of aliphatic hydroxyl groups is 1. The summed E-state index contributed by atoms with van der Waals surface area (Å²) in [6.45, 7) is 1.87. The highest BCUT2D eigenvalue weighted by Gasteiger charge is 2.70. The molecule has 5 atom stereocenters. The van der Waals surface area contributed by atoms with Crippen molar-refractivity contribution in [3.63, 3.8) is 0 Å². The van der Waals surface area contributed by atoms with Gasteiger partial charge in [0.1, 0.15) is 0 Å². The van der Waals surface area contributed by atoms with Crippen LogP contribution >= 0.6 is 0 Å². The molecule has 0 spiro atoms. The molecule has 2 aliphatic carbocycles. The van der Waals surface area contributed by atoms with Crippen LogP contribution in [0.4, 0.5) is 5.69 Å². The van der Waals surface area contributed by atoms with Crippen LogP contribution in [0.3, 0.4) is 0 Å². The van der Waals surface area contributed by atoms with Gasteiger partial charge in [0, 0.05) is 0 Å². The van der Waals surface area contributed by atoms with Gasteiger partial charge in [0.2, 0.25) is 5.91 Å². The van der Waals surface area contributed by atoms with Crippen molar-refractivity contribution in [1.82, 2.24) is 0 Å². The number of aryl methyl sites for hydroxylation is 1. The van der Waals surface area contributed by atoms with Crippen molar-refractivity contribution in [3.05, 3.63) is 41.5 Å². The third kappa shape index (κ3) is 1.21.